The van der Waals surface area contributed by atoms with Crippen LogP contribution in [0.25, 0.3) is 0 Å². The first kappa shape index (κ1) is 22.0. The third-order valence-electron chi connectivity index (χ3n) is 4.32. The van der Waals surface area contributed by atoms with Gasteiger partial charge in [-0.05, 0) is 36.4 Å². The molecule has 0 spiro atoms. The summed E-state index contributed by atoms with van der Waals surface area (Å²) in [6.45, 7) is 1.45. The lowest BCUT2D eigenvalue weighted by atomic mass is 10.1. The van der Waals surface area contributed by atoms with Crippen molar-refractivity contribution >= 4 is 18.3 Å². The van der Waals surface area contributed by atoms with Gasteiger partial charge in [0, 0.05) is 31.1 Å². The minimum absolute atomic E-state index is 0. The lowest BCUT2D eigenvalue weighted by Gasteiger charge is -2.14. The van der Waals surface area contributed by atoms with Gasteiger partial charge in [0.25, 0.3) is 5.91 Å². The topological polar surface area (TPSA) is 70.6 Å². The Morgan fingerprint density at radius 1 is 1.14 bits per heavy atom. The molecule has 152 valence electrons. The van der Waals surface area contributed by atoms with Crippen molar-refractivity contribution < 1.29 is 27.8 Å². The van der Waals surface area contributed by atoms with Gasteiger partial charge in [-0.25, -0.2) is 0 Å². The van der Waals surface area contributed by atoms with Crippen molar-refractivity contribution in [2.24, 2.45) is 5.92 Å². The monoisotopic (exact) mass is 416 g/mol. The van der Waals surface area contributed by atoms with Gasteiger partial charge in [0.05, 0.1) is 11.7 Å². The van der Waals surface area contributed by atoms with Gasteiger partial charge in [0.15, 0.2) is 0 Å². The maximum absolute atomic E-state index is 12.8. The first-order chi connectivity index (χ1) is 12.8. The van der Waals surface area contributed by atoms with Crippen LogP contribution in [0.5, 0.6) is 11.5 Å². The highest BCUT2D eigenvalue weighted by molar-refractivity contribution is 5.94. The summed E-state index contributed by atoms with van der Waals surface area (Å²) in [5, 5.41) is 15.5. The van der Waals surface area contributed by atoms with Gasteiger partial charge in [-0.1, -0.05) is 12.1 Å². The molecule has 0 aliphatic carbocycles. The number of benzene rings is 2. The molecule has 1 aliphatic heterocycles. The summed E-state index contributed by atoms with van der Waals surface area (Å²) < 4.78 is 43.8. The Bertz CT molecular complexity index is 817. The van der Waals surface area contributed by atoms with E-state index in [0.29, 0.717) is 25.2 Å². The summed E-state index contributed by atoms with van der Waals surface area (Å²) >= 11 is 0. The van der Waals surface area contributed by atoms with Crippen molar-refractivity contribution in [1.29, 1.82) is 0 Å². The van der Waals surface area contributed by atoms with E-state index in [1.165, 1.54) is 18.2 Å². The predicted octanol–water partition coefficient (Wildman–Crippen LogP) is 3.23. The van der Waals surface area contributed by atoms with Crippen molar-refractivity contribution in [2.45, 2.75) is 12.3 Å². The SMILES string of the molecule is Cl.O=C(NCC1CNCC1O)c1cccc(Oc2cccc(C(F)(F)F)c2)c1. The fourth-order valence-electron chi connectivity index (χ4n) is 2.83. The van der Waals surface area contributed by atoms with Gasteiger partial charge >= 0.3 is 6.18 Å². The van der Waals surface area contributed by atoms with Gasteiger partial charge in [0.2, 0.25) is 0 Å². The summed E-state index contributed by atoms with van der Waals surface area (Å²) in [6, 6.07) is 10.7. The van der Waals surface area contributed by atoms with Crippen molar-refractivity contribution in [1.82, 2.24) is 10.6 Å². The number of carbonyl (C=O) groups excluding carboxylic acids is 1. The number of aliphatic hydroxyl groups is 1. The van der Waals surface area contributed by atoms with Gasteiger partial charge in [-0.2, -0.15) is 13.2 Å². The van der Waals surface area contributed by atoms with E-state index in [1.807, 2.05) is 0 Å². The Balaban J connectivity index is 0.00000280. The van der Waals surface area contributed by atoms with Crippen molar-refractivity contribution in [3.63, 3.8) is 0 Å². The van der Waals surface area contributed by atoms with E-state index < -0.39 is 17.8 Å². The van der Waals surface area contributed by atoms with Crippen LogP contribution >= 0.6 is 12.4 Å². The second-order valence-electron chi connectivity index (χ2n) is 6.35. The third kappa shape index (κ3) is 5.60. The fraction of sp³-hybridized carbons (Fsp3) is 0.316. The summed E-state index contributed by atoms with van der Waals surface area (Å²) in [7, 11) is 0. The van der Waals surface area contributed by atoms with Crippen molar-refractivity contribution in [3.05, 3.63) is 59.7 Å². The number of hydrogen-bond donors (Lipinski definition) is 3. The molecule has 1 fully saturated rings. The average molecular weight is 417 g/mol. The molecule has 2 atom stereocenters. The number of halogens is 4. The molecule has 0 aromatic heterocycles. The Morgan fingerprint density at radius 3 is 2.46 bits per heavy atom. The van der Waals surface area contributed by atoms with E-state index in [4.69, 9.17) is 4.74 Å². The highest BCUT2D eigenvalue weighted by Gasteiger charge is 2.30. The summed E-state index contributed by atoms with van der Waals surface area (Å²) in [6.07, 6.45) is -4.96. The quantitative estimate of drug-likeness (QED) is 0.700. The van der Waals surface area contributed by atoms with Gasteiger partial charge in [-0.3, -0.25) is 4.79 Å². The number of nitrogens with one attached hydrogen (secondary N) is 2. The van der Waals surface area contributed by atoms with Gasteiger partial charge in [-0.15, -0.1) is 12.4 Å². The molecule has 1 aliphatic rings. The standard InChI is InChI=1S/C19H19F3N2O3.ClH/c20-19(21,22)14-4-2-6-16(8-14)27-15-5-1-3-12(7-15)18(26)24-10-13-9-23-11-17(13)25;/h1-8,13,17,23,25H,9-11H2,(H,24,26);1H. The zero-order valence-corrected chi connectivity index (χ0v) is 15.5. The first-order valence-electron chi connectivity index (χ1n) is 8.45. The molecular weight excluding hydrogens is 397 g/mol. The second kappa shape index (κ2) is 9.27. The lowest BCUT2D eigenvalue weighted by molar-refractivity contribution is -0.137. The van der Waals surface area contributed by atoms with E-state index >= 15 is 0 Å². The van der Waals surface area contributed by atoms with E-state index in [9.17, 15) is 23.1 Å². The molecule has 0 radical (unpaired) electrons. The Hall–Kier alpha value is -2.29. The normalized spacial score (nSPS) is 19.0. The number of alkyl halides is 3. The van der Waals surface area contributed by atoms with Crippen LogP contribution in [-0.4, -0.2) is 36.8 Å². The largest absolute Gasteiger partial charge is 0.457 e. The molecule has 3 rings (SSSR count). The molecule has 2 unspecified atom stereocenters. The van der Waals surface area contributed by atoms with Crippen LogP contribution in [0.3, 0.4) is 0 Å². The Labute approximate surface area is 166 Å². The summed E-state index contributed by atoms with van der Waals surface area (Å²) in [4.78, 5) is 12.3. The molecule has 3 N–H and O–H groups in total. The fourth-order valence-corrected chi connectivity index (χ4v) is 2.83. The predicted molar refractivity (Wildman–Crippen MR) is 99.9 cm³/mol. The Kier molecular flexibility index (Phi) is 7.29. The zero-order chi connectivity index (χ0) is 19.4. The number of ether oxygens (including phenoxy) is 1. The maximum Gasteiger partial charge on any atom is 0.416 e. The van der Waals surface area contributed by atoms with Gasteiger partial charge in [0.1, 0.15) is 11.5 Å². The van der Waals surface area contributed by atoms with Crippen LogP contribution in [0.2, 0.25) is 0 Å². The van der Waals surface area contributed by atoms with Crippen molar-refractivity contribution in [3.8, 4) is 11.5 Å². The van der Waals surface area contributed by atoms with Crippen LogP contribution in [0, 0.1) is 5.92 Å². The lowest BCUT2D eigenvalue weighted by Crippen LogP contribution is -2.34. The molecule has 0 saturated carbocycles. The minimum Gasteiger partial charge on any atom is -0.457 e. The molecule has 2 aromatic carbocycles. The molecule has 1 amide bonds. The molecule has 2 aromatic rings. The Morgan fingerprint density at radius 2 is 1.82 bits per heavy atom. The first-order valence-corrected chi connectivity index (χ1v) is 8.45. The molecule has 1 saturated heterocycles. The number of β-amino-alcohol motifs (C(OH)–C–C–N with tert-alkyl or cyclic N) is 1. The maximum atomic E-state index is 12.8. The summed E-state index contributed by atoms with van der Waals surface area (Å²) in [5.41, 5.74) is -0.488. The van der Waals surface area contributed by atoms with Crippen LogP contribution in [-0.2, 0) is 6.18 Å². The molecule has 9 heteroatoms. The molecule has 0 bridgehead atoms. The highest BCUT2D eigenvalue weighted by Crippen LogP contribution is 2.32. The van der Waals surface area contributed by atoms with Gasteiger partial charge < -0.3 is 20.5 Å². The minimum atomic E-state index is -4.46. The van der Waals surface area contributed by atoms with E-state index in [1.54, 1.807) is 18.2 Å². The van der Waals surface area contributed by atoms with E-state index in [2.05, 4.69) is 10.6 Å². The highest BCUT2D eigenvalue weighted by atomic mass is 35.5. The van der Waals surface area contributed by atoms with Crippen LogP contribution in [0.1, 0.15) is 15.9 Å². The van der Waals surface area contributed by atoms with Crippen LogP contribution in [0.4, 0.5) is 13.2 Å². The smallest absolute Gasteiger partial charge is 0.416 e. The van der Waals surface area contributed by atoms with E-state index in [-0.39, 0.29) is 35.7 Å². The number of aliphatic hydroxyl groups excluding tert-OH is 1. The van der Waals surface area contributed by atoms with Crippen LogP contribution < -0.4 is 15.4 Å². The third-order valence-corrected chi connectivity index (χ3v) is 4.32. The van der Waals surface area contributed by atoms with Crippen LogP contribution in [0.15, 0.2) is 48.5 Å². The molecule has 5 nitrogen and oxygen atoms in total. The molecule has 28 heavy (non-hydrogen) atoms. The van der Waals surface area contributed by atoms with E-state index in [0.717, 1.165) is 12.1 Å². The average Bonchev–Trinajstić information content (AvgIpc) is 3.04. The number of rotatable bonds is 5. The van der Waals surface area contributed by atoms with Crippen molar-refractivity contribution in [2.75, 3.05) is 19.6 Å². The number of carbonyl (C=O) groups is 1. The zero-order valence-electron chi connectivity index (χ0n) is 14.7. The second-order valence-corrected chi connectivity index (χ2v) is 6.35. The number of amides is 1. The molecule has 1 heterocycles. The summed E-state index contributed by atoms with van der Waals surface area (Å²) in [5.74, 6) is -0.117. The number of hydrogen-bond acceptors (Lipinski definition) is 4. The molecular formula is C19H20ClF3N2O3.